The second-order valence-corrected chi connectivity index (χ2v) is 5.70. The van der Waals surface area contributed by atoms with E-state index in [0.29, 0.717) is 18.7 Å². The highest BCUT2D eigenvalue weighted by molar-refractivity contribution is 5.76. The van der Waals surface area contributed by atoms with Crippen molar-refractivity contribution in [1.29, 1.82) is 0 Å². The lowest BCUT2D eigenvalue weighted by Gasteiger charge is -2.15. The fourth-order valence-electron chi connectivity index (χ4n) is 2.40. The Morgan fingerprint density at radius 1 is 1.36 bits per heavy atom. The topological polar surface area (TPSA) is 84.1 Å². The van der Waals surface area contributed by atoms with Crippen LogP contribution in [0.4, 0.5) is 4.39 Å². The molecule has 0 saturated carbocycles. The van der Waals surface area contributed by atoms with Gasteiger partial charge in [-0.1, -0.05) is 0 Å². The van der Waals surface area contributed by atoms with Crippen LogP contribution in [0, 0.1) is 5.82 Å². The molecule has 0 unspecified atom stereocenters. The first-order valence-corrected chi connectivity index (χ1v) is 7.72. The lowest BCUT2D eigenvalue weighted by Crippen LogP contribution is -2.26. The summed E-state index contributed by atoms with van der Waals surface area (Å²) in [6.45, 7) is 0.400. The zero-order valence-electron chi connectivity index (χ0n) is 13.6. The maximum atomic E-state index is 13.0. The molecule has 3 aromatic rings. The van der Waals surface area contributed by atoms with Crippen LogP contribution in [0.2, 0.25) is 0 Å². The molecule has 2 aromatic heterocycles. The van der Waals surface area contributed by atoms with Gasteiger partial charge in [0.2, 0.25) is 5.91 Å². The van der Waals surface area contributed by atoms with Crippen molar-refractivity contribution >= 4 is 5.91 Å². The highest BCUT2D eigenvalue weighted by Gasteiger charge is 2.12. The van der Waals surface area contributed by atoms with E-state index in [1.165, 1.54) is 18.2 Å². The van der Waals surface area contributed by atoms with Gasteiger partial charge in [-0.15, -0.1) is 0 Å². The minimum absolute atomic E-state index is 0.0709. The van der Waals surface area contributed by atoms with Crippen LogP contribution in [0.15, 0.2) is 52.0 Å². The summed E-state index contributed by atoms with van der Waals surface area (Å²) in [6.07, 6.45) is 4.06. The number of carbonyl (C=O) groups is 1. The average molecular weight is 344 g/mol. The Balaban J connectivity index is 1.57. The number of carbonyl (C=O) groups excluding carboxylic acids is 1. The van der Waals surface area contributed by atoms with E-state index in [4.69, 9.17) is 4.52 Å². The number of nitrogens with zero attached hydrogens (tertiary/aromatic N) is 3. The standard InChI is InChI=1S/C17H17FN4O3/c1-21(17(24)7-6-15-8-16(23)20-25-15)10-12-9-19-22(11-12)14-4-2-13(18)3-5-14/h2-5,8-9,11H,6-7,10H2,1H3,(H,20,23). The number of aromatic nitrogens is 3. The molecule has 130 valence electrons. The first-order chi connectivity index (χ1) is 12.0. The summed E-state index contributed by atoms with van der Waals surface area (Å²) in [6, 6.07) is 7.33. The molecule has 2 heterocycles. The summed E-state index contributed by atoms with van der Waals surface area (Å²) in [5.74, 6) is 0.0778. The minimum atomic E-state index is -0.316. The molecule has 0 radical (unpaired) electrons. The Bertz CT molecular complexity index is 910. The van der Waals surface area contributed by atoms with E-state index in [-0.39, 0.29) is 23.7 Å². The number of aryl methyl sites for hydroxylation is 1. The molecule has 0 fully saturated rings. The van der Waals surface area contributed by atoms with Crippen molar-refractivity contribution in [3.05, 3.63) is 70.2 Å². The van der Waals surface area contributed by atoms with Gasteiger partial charge in [0.25, 0.3) is 5.56 Å². The quantitative estimate of drug-likeness (QED) is 0.740. The molecule has 0 aliphatic heterocycles. The molecule has 25 heavy (non-hydrogen) atoms. The molecule has 1 N–H and O–H groups in total. The fourth-order valence-corrected chi connectivity index (χ4v) is 2.40. The Labute approximate surface area is 142 Å². The van der Waals surface area contributed by atoms with E-state index in [1.54, 1.807) is 41.2 Å². The van der Waals surface area contributed by atoms with E-state index in [9.17, 15) is 14.0 Å². The van der Waals surface area contributed by atoms with Crippen molar-refractivity contribution in [3.8, 4) is 5.69 Å². The normalized spacial score (nSPS) is 10.8. The second kappa shape index (κ2) is 7.16. The van der Waals surface area contributed by atoms with E-state index in [0.717, 1.165) is 11.3 Å². The van der Waals surface area contributed by atoms with Crippen LogP contribution in [0.5, 0.6) is 0 Å². The summed E-state index contributed by atoms with van der Waals surface area (Å²) >= 11 is 0. The van der Waals surface area contributed by atoms with Gasteiger partial charge >= 0.3 is 0 Å². The van der Waals surface area contributed by atoms with Crippen LogP contribution in [0.25, 0.3) is 5.69 Å². The number of hydrogen-bond acceptors (Lipinski definition) is 4. The highest BCUT2D eigenvalue weighted by atomic mass is 19.1. The molecule has 0 aliphatic rings. The number of H-pyrrole nitrogens is 1. The Kier molecular flexibility index (Phi) is 4.78. The fraction of sp³-hybridized carbons (Fsp3) is 0.235. The van der Waals surface area contributed by atoms with Crippen LogP contribution in [0.1, 0.15) is 17.7 Å². The van der Waals surface area contributed by atoms with Gasteiger partial charge in [0, 0.05) is 44.3 Å². The lowest BCUT2D eigenvalue weighted by atomic mass is 10.2. The maximum absolute atomic E-state index is 13.0. The van der Waals surface area contributed by atoms with Gasteiger partial charge in [0.15, 0.2) is 0 Å². The van der Waals surface area contributed by atoms with Crippen LogP contribution in [-0.2, 0) is 17.8 Å². The van der Waals surface area contributed by atoms with Gasteiger partial charge in [-0.05, 0) is 24.3 Å². The molecule has 8 heteroatoms. The summed E-state index contributed by atoms with van der Waals surface area (Å²) < 4.78 is 19.5. The first kappa shape index (κ1) is 16.7. The zero-order chi connectivity index (χ0) is 17.8. The molecule has 0 saturated heterocycles. The summed E-state index contributed by atoms with van der Waals surface area (Å²) in [5.41, 5.74) is 1.28. The van der Waals surface area contributed by atoms with Gasteiger partial charge in [-0.2, -0.15) is 10.3 Å². The lowest BCUT2D eigenvalue weighted by molar-refractivity contribution is -0.130. The number of amides is 1. The average Bonchev–Trinajstić information content (AvgIpc) is 3.22. The van der Waals surface area contributed by atoms with Crippen LogP contribution >= 0.6 is 0 Å². The second-order valence-electron chi connectivity index (χ2n) is 5.70. The van der Waals surface area contributed by atoms with E-state index < -0.39 is 0 Å². The van der Waals surface area contributed by atoms with Crippen molar-refractivity contribution in [2.75, 3.05) is 7.05 Å². The van der Waals surface area contributed by atoms with Gasteiger partial charge in [0.1, 0.15) is 11.6 Å². The first-order valence-electron chi connectivity index (χ1n) is 7.72. The largest absolute Gasteiger partial charge is 0.384 e. The van der Waals surface area contributed by atoms with E-state index >= 15 is 0 Å². The minimum Gasteiger partial charge on any atom is -0.384 e. The van der Waals surface area contributed by atoms with Crippen LogP contribution < -0.4 is 5.56 Å². The predicted molar refractivity (Wildman–Crippen MR) is 87.6 cm³/mol. The van der Waals surface area contributed by atoms with E-state index in [1.807, 2.05) is 0 Å². The van der Waals surface area contributed by atoms with Crippen molar-refractivity contribution in [3.63, 3.8) is 0 Å². The predicted octanol–water partition coefficient (Wildman–Crippen LogP) is 1.88. The van der Waals surface area contributed by atoms with E-state index in [2.05, 4.69) is 10.3 Å². The number of halogens is 1. The van der Waals surface area contributed by atoms with Crippen molar-refractivity contribution in [2.45, 2.75) is 19.4 Å². The smallest absolute Gasteiger partial charge is 0.280 e. The SMILES string of the molecule is CN(Cc1cnn(-c2ccc(F)cc2)c1)C(=O)CCc1cc(=O)[nH]o1. The Morgan fingerprint density at radius 2 is 2.12 bits per heavy atom. The monoisotopic (exact) mass is 344 g/mol. The molecule has 7 nitrogen and oxygen atoms in total. The Hall–Kier alpha value is -3.16. The highest BCUT2D eigenvalue weighted by Crippen LogP contribution is 2.11. The molecule has 0 atom stereocenters. The molecule has 3 rings (SSSR count). The summed E-state index contributed by atoms with van der Waals surface area (Å²) in [5, 5.41) is 6.42. The number of aromatic amines is 1. The van der Waals surface area contributed by atoms with Crippen molar-refractivity contribution in [1.82, 2.24) is 19.8 Å². The number of rotatable bonds is 6. The third kappa shape index (κ3) is 4.23. The maximum Gasteiger partial charge on any atom is 0.280 e. The van der Waals surface area contributed by atoms with Gasteiger partial charge < -0.3 is 9.42 Å². The van der Waals surface area contributed by atoms with Gasteiger partial charge in [0.05, 0.1) is 11.9 Å². The molecular weight excluding hydrogens is 327 g/mol. The summed E-state index contributed by atoms with van der Waals surface area (Å²) in [7, 11) is 1.70. The third-order valence-electron chi connectivity index (χ3n) is 3.73. The Morgan fingerprint density at radius 3 is 2.80 bits per heavy atom. The number of nitrogens with one attached hydrogen (secondary N) is 1. The summed E-state index contributed by atoms with van der Waals surface area (Å²) in [4.78, 5) is 24.7. The third-order valence-corrected chi connectivity index (χ3v) is 3.73. The number of benzene rings is 1. The number of hydrogen-bond donors (Lipinski definition) is 1. The molecule has 1 aromatic carbocycles. The van der Waals surface area contributed by atoms with Gasteiger partial charge in [-0.25, -0.2) is 9.07 Å². The molecule has 0 bridgehead atoms. The molecule has 0 spiro atoms. The van der Waals surface area contributed by atoms with Crippen LogP contribution in [0.3, 0.4) is 0 Å². The molecular formula is C17H17FN4O3. The zero-order valence-corrected chi connectivity index (χ0v) is 13.6. The molecule has 0 aliphatic carbocycles. The van der Waals surface area contributed by atoms with Crippen molar-refractivity contribution in [2.24, 2.45) is 0 Å². The van der Waals surface area contributed by atoms with Crippen molar-refractivity contribution < 1.29 is 13.7 Å². The van der Waals surface area contributed by atoms with Gasteiger partial charge in [-0.3, -0.25) is 9.59 Å². The molecule has 1 amide bonds. The van der Waals surface area contributed by atoms with Crippen LogP contribution in [-0.4, -0.2) is 32.8 Å².